The lowest BCUT2D eigenvalue weighted by Crippen LogP contribution is -2.32. The van der Waals surface area contributed by atoms with Crippen molar-refractivity contribution in [1.29, 1.82) is 0 Å². The summed E-state index contributed by atoms with van der Waals surface area (Å²) in [5.74, 6) is 0.0268. The van der Waals surface area contributed by atoms with Crippen LogP contribution in [-0.2, 0) is 4.79 Å². The molecule has 1 amide bonds. The van der Waals surface area contributed by atoms with Gasteiger partial charge in [-0.2, -0.15) is 0 Å². The number of rotatable bonds is 6. The summed E-state index contributed by atoms with van der Waals surface area (Å²) in [6.45, 7) is 1.64. The van der Waals surface area contributed by atoms with Crippen molar-refractivity contribution in [2.45, 2.75) is 18.9 Å². The Balaban J connectivity index is 1.43. The van der Waals surface area contributed by atoms with Gasteiger partial charge < -0.3 is 15.0 Å². The smallest absolute Gasteiger partial charge is 0.226 e. The van der Waals surface area contributed by atoms with Crippen molar-refractivity contribution < 1.29 is 13.9 Å². The van der Waals surface area contributed by atoms with Gasteiger partial charge >= 0.3 is 0 Å². The molecule has 1 N–H and O–H groups in total. The van der Waals surface area contributed by atoms with E-state index in [4.69, 9.17) is 16.3 Å². The van der Waals surface area contributed by atoms with Gasteiger partial charge in [0, 0.05) is 24.8 Å². The highest BCUT2D eigenvalue weighted by molar-refractivity contribution is 6.32. The van der Waals surface area contributed by atoms with Crippen LogP contribution in [0.1, 0.15) is 12.8 Å². The van der Waals surface area contributed by atoms with E-state index in [9.17, 15) is 9.18 Å². The molecule has 0 saturated carbocycles. The minimum atomic E-state index is -0.414. The molecule has 25 heavy (non-hydrogen) atoms. The first-order valence-corrected chi connectivity index (χ1v) is 8.67. The van der Waals surface area contributed by atoms with Crippen LogP contribution in [0.15, 0.2) is 48.5 Å². The Hall–Kier alpha value is -2.27. The normalized spacial score (nSPS) is 16.7. The lowest BCUT2D eigenvalue weighted by molar-refractivity contribution is -0.130. The van der Waals surface area contributed by atoms with E-state index in [1.54, 1.807) is 0 Å². The fourth-order valence-electron chi connectivity index (χ4n) is 2.87. The molecule has 3 rings (SSSR count). The molecule has 1 unspecified atom stereocenters. The molecule has 0 bridgehead atoms. The molecule has 0 spiro atoms. The highest BCUT2D eigenvalue weighted by atomic mass is 35.5. The molecule has 1 saturated heterocycles. The molecule has 1 aliphatic rings. The maximum Gasteiger partial charge on any atom is 0.226 e. The highest BCUT2D eigenvalue weighted by Gasteiger charge is 2.25. The number of anilines is 1. The summed E-state index contributed by atoms with van der Waals surface area (Å²) in [7, 11) is 0. The Kier molecular flexibility index (Phi) is 5.76. The van der Waals surface area contributed by atoms with Crippen LogP contribution in [0.2, 0.25) is 5.02 Å². The quantitative estimate of drug-likeness (QED) is 0.845. The van der Waals surface area contributed by atoms with E-state index in [1.807, 2.05) is 35.2 Å². The molecule has 2 aromatic rings. The monoisotopic (exact) mass is 362 g/mol. The molecule has 0 radical (unpaired) electrons. The van der Waals surface area contributed by atoms with Crippen LogP contribution in [-0.4, -0.2) is 36.5 Å². The van der Waals surface area contributed by atoms with E-state index in [2.05, 4.69) is 5.32 Å². The number of likely N-dealkylation sites (tertiary alicyclic amines) is 1. The number of ether oxygens (including phenoxy) is 1. The fourth-order valence-corrected chi connectivity index (χ4v) is 3.10. The van der Waals surface area contributed by atoms with Crippen LogP contribution < -0.4 is 10.1 Å². The Morgan fingerprint density at radius 3 is 2.84 bits per heavy atom. The topological polar surface area (TPSA) is 41.6 Å². The van der Waals surface area contributed by atoms with Gasteiger partial charge in [0.2, 0.25) is 5.91 Å². The number of carbonyl (C=O) groups is 1. The Labute approximate surface area is 151 Å². The minimum absolute atomic E-state index is 0.0515. The zero-order valence-electron chi connectivity index (χ0n) is 13.8. The zero-order chi connectivity index (χ0) is 17.6. The molecular formula is C19H20ClFN2O2. The van der Waals surface area contributed by atoms with Crippen LogP contribution >= 0.6 is 11.6 Å². The van der Waals surface area contributed by atoms with Crippen LogP contribution in [0.3, 0.4) is 0 Å². The van der Waals surface area contributed by atoms with Gasteiger partial charge in [0.05, 0.1) is 18.1 Å². The van der Waals surface area contributed by atoms with E-state index in [-0.39, 0.29) is 30.0 Å². The molecule has 6 heteroatoms. The number of nitrogens with zero attached hydrogens (tertiary/aromatic N) is 1. The Morgan fingerprint density at radius 2 is 2.08 bits per heavy atom. The first-order chi connectivity index (χ1) is 12.1. The lowest BCUT2D eigenvalue weighted by Gasteiger charge is -2.18. The average Bonchev–Trinajstić information content (AvgIpc) is 3.06. The summed E-state index contributed by atoms with van der Waals surface area (Å²) in [4.78, 5) is 14.1. The average molecular weight is 363 g/mol. The number of nitrogens with one attached hydrogen (secondary N) is 1. The van der Waals surface area contributed by atoms with E-state index >= 15 is 0 Å². The van der Waals surface area contributed by atoms with Crippen molar-refractivity contribution in [3.05, 3.63) is 59.4 Å². The third kappa shape index (κ3) is 4.86. The van der Waals surface area contributed by atoms with Gasteiger partial charge in [-0.15, -0.1) is 0 Å². The highest BCUT2D eigenvalue weighted by Crippen LogP contribution is 2.25. The lowest BCUT2D eigenvalue weighted by atomic mass is 10.2. The van der Waals surface area contributed by atoms with Crippen molar-refractivity contribution >= 4 is 23.2 Å². The third-order valence-electron chi connectivity index (χ3n) is 4.15. The third-order valence-corrected chi connectivity index (χ3v) is 4.45. The number of para-hydroxylation sites is 1. The standard InChI is InChI=1S/C19H20ClFN2O2/c20-17-12-14(21)6-7-18(17)25-11-9-19(24)23-10-8-16(13-23)22-15-4-2-1-3-5-15/h1-7,12,16,22H,8-11,13H2. The SMILES string of the molecule is O=C(CCOc1ccc(F)cc1Cl)N1CCC(Nc2ccccc2)C1. The molecule has 4 nitrogen and oxygen atoms in total. The van der Waals surface area contributed by atoms with Gasteiger partial charge in [-0.05, 0) is 36.8 Å². The number of hydrogen-bond acceptors (Lipinski definition) is 3. The van der Waals surface area contributed by atoms with Gasteiger partial charge in [-0.25, -0.2) is 4.39 Å². The van der Waals surface area contributed by atoms with E-state index in [0.717, 1.165) is 18.7 Å². The zero-order valence-corrected chi connectivity index (χ0v) is 14.5. The predicted octanol–water partition coefficient (Wildman–Crippen LogP) is 3.96. The largest absolute Gasteiger partial charge is 0.491 e. The molecule has 0 aliphatic carbocycles. The van der Waals surface area contributed by atoms with Crippen molar-refractivity contribution in [2.75, 3.05) is 25.0 Å². The van der Waals surface area contributed by atoms with Crippen LogP contribution in [0.5, 0.6) is 5.75 Å². The minimum Gasteiger partial charge on any atom is -0.491 e. The molecule has 0 aromatic heterocycles. The Morgan fingerprint density at radius 1 is 1.28 bits per heavy atom. The van der Waals surface area contributed by atoms with Gasteiger partial charge in [-0.3, -0.25) is 4.79 Å². The molecule has 132 valence electrons. The summed E-state index contributed by atoms with van der Waals surface area (Å²) in [6.07, 6.45) is 1.19. The van der Waals surface area contributed by atoms with Crippen LogP contribution in [0.4, 0.5) is 10.1 Å². The number of benzene rings is 2. The Bertz CT molecular complexity index is 727. The van der Waals surface area contributed by atoms with Crippen LogP contribution in [0, 0.1) is 5.82 Å². The summed E-state index contributed by atoms with van der Waals surface area (Å²) in [5, 5.41) is 3.65. The van der Waals surface area contributed by atoms with Crippen molar-refractivity contribution in [3.63, 3.8) is 0 Å². The number of hydrogen-bond donors (Lipinski definition) is 1. The van der Waals surface area contributed by atoms with Gasteiger partial charge in [0.1, 0.15) is 11.6 Å². The molecule has 1 aliphatic heterocycles. The number of halogens is 2. The first kappa shape index (κ1) is 17.5. The number of amides is 1. The maximum atomic E-state index is 13.0. The van der Waals surface area contributed by atoms with E-state index in [0.29, 0.717) is 12.3 Å². The maximum absolute atomic E-state index is 13.0. The molecule has 2 aromatic carbocycles. The summed E-state index contributed by atoms with van der Waals surface area (Å²) in [6, 6.07) is 14.2. The van der Waals surface area contributed by atoms with E-state index < -0.39 is 5.82 Å². The van der Waals surface area contributed by atoms with Gasteiger partial charge in [0.25, 0.3) is 0 Å². The summed E-state index contributed by atoms with van der Waals surface area (Å²) in [5.41, 5.74) is 1.07. The van der Waals surface area contributed by atoms with Crippen LogP contribution in [0.25, 0.3) is 0 Å². The molecular weight excluding hydrogens is 343 g/mol. The molecule has 1 heterocycles. The second kappa shape index (κ2) is 8.21. The molecule has 1 fully saturated rings. The fraction of sp³-hybridized carbons (Fsp3) is 0.316. The first-order valence-electron chi connectivity index (χ1n) is 8.29. The number of carbonyl (C=O) groups excluding carboxylic acids is 1. The van der Waals surface area contributed by atoms with Gasteiger partial charge in [0.15, 0.2) is 0 Å². The second-order valence-electron chi connectivity index (χ2n) is 6.01. The molecule has 1 atom stereocenters. The summed E-state index contributed by atoms with van der Waals surface area (Å²) < 4.78 is 18.5. The van der Waals surface area contributed by atoms with Gasteiger partial charge in [-0.1, -0.05) is 29.8 Å². The van der Waals surface area contributed by atoms with Crippen molar-refractivity contribution in [1.82, 2.24) is 4.90 Å². The van der Waals surface area contributed by atoms with E-state index in [1.165, 1.54) is 18.2 Å². The summed E-state index contributed by atoms with van der Waals surface area (Å²) >= 11 is 5.90. The van der Waals surface area contributed by atoms with Crippen molar-refractivity contribution in [3.8, 4) is 5.75 Å². The predicted molar refractivity (Wildman–Crippen MR) is 96.6 cm³/mol. The van der Waals surface area contributed by atoms with Crippen molar-refractivity contribution in [2.24, 2.45) is 0 Å². The second-order valence-corrected chi connectivity index (χ2v) is 6.42.